The highest BCUT2D eigenvalue weighted by Crippen LogP contribution is 2.37. The number of benzene rings is 2. The summed E-state index contributed by atoms with van der Waals surface area (Å²) in [5.41, 5.74) is 3.47. The van der Waals surface area contributed by atoms with E-state index in [1.54, 1.807) is 0 Å². The van der Waals surface area contributed by atoms with Crippen LogP contribution in [0.25, 0.3) is 0 Å². The van der Waals surface area contributed by atoms with E-state index in [4.69, 9.17) is 11.6 Å². The van der Waals surface area contributed by atoms with Crippen LogP contribution in [0.15, 0.2) is 54.6 Å². The number of fused-ring (bicyclic) bond motifs is 1. The van der Waals surface area contributed by atoms with E-state index < -0.39 is 0 Å². The van der Waals surface area contributed by atoms with Crippen molar-refractivity contribution in [2.24, 2.45) is 0 Å². The fourth-order valence-electron chi connectivity index (χ4n) is 3.25. The van der Waals surface area contributed by atoms with E-state index in [2.05, 4.69) is 15.5 Å². The second-order valence-electron chi connectivity index (χ2n) is 5.97. The number of hydrogen-bond donors (Lipinski definition) is 2. The number of aromatic amines is 1. The second-order valence-corrected chi connectivity index (χ2v) is 6.37. The van der Waals surface area contributed by atoms with E-state index in [1.807, 2.05) is 54.6 Å². The predicted molar refractivity (Wildman–Crippen MR) is 95.2 cm³/mol. The zero-order valence-corrected chi connectivity index (χ0v) is 13.7. The lowest BCUT2D eigenvalue weighted by atomic mass is 9.82. The van der Waals surface area contributed by atoms with Gasteiger partial charge in [0.25, 0.3) is 0 Å². The van der Waals surface area contributed by atoms with Crippen LogP contribution in [-0.2, 0) is 6.42 Å². The summed E-state index contributed by atoms with van der Waals surface area (Å²) in [6, 6.07) is 17.4. The first-order valence-electron chi connectivity index (χ1n) is 7.89. The first kappa shape index (κ1) is 15.0. The van der Waals surface area contributed by atoms with Crippen molar-refractivity contribution < 1.29 is 4.79 Å². The maximum Gasteiger partial charge on any atom is 0.169 e. The number of nitrogens with zero attached hydrogens (tertiary/aromatic N) is 1. The summed E-state index contributed by atoms with van der Waals surface area (Å²) in [5.74, 6) is 0.774. The normalized spacial score (nSPS) is 16.7. The Morgan fingerprint density at radius 3 is 2.58 bits per heavy atom. The average molecular weight is 338 g/mol. The molecule has 1 aliphatic rings. The van der Waals surface area contributed by atoms with Crippen LogP contribution in [0.1, 0.15) is 34.0 Å². The largest absolute Gasteiger partial charge is 0.338 e. The molecular formula is C19H16ClN3O. The predicted octanol–water partition coefficient (Wildman–Crippen LogP) is 4.72. The molecule has 0 fully saturated rings. The molecule has 120 valence electrons. The molecule has 0 aliphatic heterocycles. The molecule has 24 heavy (non-hydrogen) atoms. The monoisotopic (exact) mass is 337 g/mol. The number of halogens is 1. The summed E-state index contributed by atoms with van der Waals surface area (Å²) in [6.45, 7) is 0. The summed E-state index contributed by atoms with van der Waals surface area (Å²) >= 11 is 6.30. The van der Waals surface area contributed by atoms with E-state index in [9.17, 15) is 4.79 Å². The Morgan fingerprint density at radius 2 is 1.79 bits per heavy atom. The minimum atomic E-state index is 0.0868. The summed E-state index contributed by atoms with van der Waals surface area (Å²) in [5, 5.41) is 11.3. The maximum absolute atomic E-state index is 12.7. The highest BCUT2D eigenvalue weighted by Gasteiger charge is 2.31. The molecule has 2 aromatic carbocycles. The van der Waals surface area contributed by atoms with Gasteiger partial charge in [-0.3, -0.25) is 9.89 Å². The minimum Gasteiger partial charge on any atom is -0.338 e. The van der Waals surface area contributed by atoms with E-state index in [1.165, 1.54) is 0 Å². The van der Waals surface area contributed by atoms with Crippen molar-refractivity contribution in [3.8, 4) is 0 Å². The number of Topliss-reactive ketones (excluding diaryl/α,β-unsaturated/α-hetero) is 1. The van der Waals surface area contributed by atoms with Crippen molar-refractivity contribution >= 4 is 28.9 Å². The third-order valence-corrected chi connectivity index (χ3v) is 4.73. The van der Waals surface area contributed by atoms with E-state index in [0.29, 0.717) is 22.8 Å². The molecular weight excluding hydrogens is 322 g/mol. The molecule has 4 rings (SSSR count). The number of ketones is 1. The van der Waals surface area contributed by atoms with E-state index in [-0.39, 0.29) is 11.7 Å². The van der Waals surface area contributed by atoms with Gasteiger partial charge in [0.15, 0.2) is 11.6 Å². The quantitative estimate of drug-likeness (QED) is 0.727. The number of rotatable bonds is 3. The molecule has 1 atom stereocenters. The molecule has 2 N–H and O–H groups in total. The Kier molecular flexibility index (Phi) is 3.82. The Hall–Kier alpha value is -2.59. The van der Waals surface area contributed by atoms with E-state index in [0.717, 1.165) is 23.4 Å². The topological polar surface area (TPSA) is 57.8 Å². The third kappa shape index (κ3) is 2.69. The number of anilines is 2. The second kappa shape index (κ2) is 6.13. The number of carbonyl (C=O) groups is 1. The van der Waals surface area contributed by atoms with Crippen LogP contribution in [0.3, 0.4) is 0 Å². The molecule has 0 bridgehead atoms. The van der Waals surface area contributed by atoms with Crippen molar-refractivity contribution in [2.75, 3.05) is 5.32 Å². The maximum atomic E-state index is 12.7. The van der Waals surface area contributed by atoms with Crippen LogP contribution in [0.4, 0.5) is 11.5 Å². The SMILES string of the molecule is O=C1CC(c2ccccc2Cl)Cc2[nH]nc(Nc3ccccc3)c21. The molecule has 0 saturated carbocycles. The number of H-pyrrole nitrogens is 1. The standard InChI is InChI=1S/C19H16ClN3O/c20-15-9-5-4-8-14(15)12-10-16-18(17(24)11-12)19(23-22-16)21-13-6-2-1-3-7-13/h1-9,12H,10-11H2,(H2,21,22,23). The van der Waals surface area contributed by atoms with Gasteiger partial charge in [0.2, 0.25) is 0 Å². The van der Waals surface area contributed by atoms with Crippen LogP contribution < -0.4 is 5.32 Å². The average Bonchev–Trinajstić information content (AvgIpc) is 2.99. The molecule has 4 nitrogen and oxygen atoms in total. The van der Waals surface area contributed by atoms with Gasteiger partial charge in [0.05, 0.1) is 5.56 Å². The van der Waals surface area contributed by atoms with Gasteiger partial charge in [-0.25, -0.2) is 0 Å². The highest BCUT2D eigenvalue weighted by molar-refractivity contribution is 6.31. The molecule has 1 heterocycles. The van der Waals surface area contributed by atoms with Gasteiger partial charge in [-0.1, -0.05) is 48.0 Å². The van der Waals surface area contributed by atoms with Gasteiger partial charge in [0.1, 0.15) is 0 Å². The third-order valence-electron chi connectivity index (χ3n) is 4.38. The Balaban J connectivity index is 1.64. The van der Waals surface area contributed by atoms with Crippen LogP contribution in [0.5, 0.6) is 0 Å². The van der Waals surface area contributed by atoms with Crippen LogP contribution >= 0.6 is 11.6 Å². The molecule has 3 aromatic rings. The molecule has 1 aromatic heterocycles. The summed E-state index contributed by atoms with van der Waals surface area (Å²) in [6.07, 6.45) is 1.17. The van der Waals surface area contributed by atoms with Crippen molar-refractivity contribution in [3.05, 3.63) is 76.4 Å². The molecule has 0 spiro atoms. The molecule has 1 unspecified atom stereocenters. The molecule has 0 amide bonds. The molecule has 1 aliphatic carbocycles. The molecule has 0 radical (unpaired) electrons. The minimum absolute atomic E-state index is 0.0868. The number of para-hydroxylation sites is 1. The fraction of sp³-hybridized carbons (Fsp3) is 0.158. The fourth-order valence-corrected chi connectivity index (χ4v) is 3.54. The zero-order chi connectivity index (χ0) is 16.5. The first-order valence-corrected chi connectivity index (χ1v) is 8.27. The number of carbonyl (C=O) groups excluding carboxylic acids is 1. The number of aromatic nitrogens is 2. The van der Waals surface area contributed by atoms with Gasteiger partial charge in [-0.15, -0.1) is 0 Å². The Bertz CT molecular complexity index is 889. The van der Waals surface area contributed by atoms with Gasteiger partial charge >= 0.3 is 0 Å². The van der Waals surface area contributed by atoms with Crippen LogP contribution in [0.2, 0.25) is 5.02 Å². The zero-order valence-electron chi connectivity index (χ0n) is 12.9. The van der Waals surface area contributed by atoms with Crippen LogP contribution in [0, 0.1) is 0 Å². The Labute approximate surface area is 144 Å². The molecule has 0 saturated heterocycles. The lowest BCUT2D eigenvalue weighted by molar-refractivity contribution is 0.0965. The smallest absolute Gasteiger partial charge is 0.169 e. The van der Waals surface area contributed by atoms with Crippen molar-refractivity contribution in [1.82, 2.24) is 10.2 Å². The summed E-state index contributed by atoms with van der Waals surface area (Å²) < 4.78 is 0. The number of hydrogen-bond acceptors (Lipinski definition) is 3. The first-order chi connectivity index (χ1) is 11.7. The van der Waals surface area contributed by atoms with Crippen LogP contribution in [-0.4, -0.2) is 16.0 Å². The lowest BCUT2D eigenvalue weighted by Crippen LogP contribution is -2.19. The van der Waals surface area contributed by atoms with Crippen molar-refractivity contribution in [1.29, 1.82) is 0 Å². The van der Waals surface area contributed by atoms with Gasteiger partial charge in [-0.05, 0) is 36.1 Å². The lowest BCUT2D eigenvalue weighted by Gasteiger charge is -2.22. The van der Waals surface area contributed by atoms with Crippen molar-refractivity contribution in [3.63, 3.8) is 0 Å². The Morgan fingerprint density at radius 1 is 1.04 bits per heavy atom. The summed E-state index contributed by atoms with van der Waals surface area (Å²) in [4.78, 5) is 12.7. The van der Waals surface area contributed by atoms with Gasteiger partial charge in [0, 0.05) is 22.8 Å². The summed E-state index contributed by atoms with van der Waals surface area (Å²) in [7, 11) is 0. The van der Waals surface area contributed by atoms with Gasteiger partial charge < -0.3 is 5.32 Å². The van der Waals surface area contributed by atoms with E-state index >= 15 is 0 Å². The van der Waals surface area contributed by atoms with Crippen molar-refractivity contribution in [2.45, 2.75) is 18.8 Å². The molecule has 5 heteroatoms. The van der Waals surface area contributed by atoms with Gasteiger partial charge in [-0.2, -0.15) is 5.10 Å². The number of nitrogens with one attached hydrogen (secondary N) is 2. The highest BCUT2D eigenvalue weighted by atomic mass is 35.5.